The first kappa shape index (κ1) is 13.2. The van der Waals surface area contributed by atoms with E-state index in [9.17, 15) is 4.79 Å². The summed E-state index contributed by atoms with van der Waals surface area (Å²) >= 11 is 0. The van der Waals surface area contributed by atoms with E-state index in [1.54, 1.807) is 6.33 Å². The molecule has 2 aromatic rings. The van der Waals surface area contributed by atoms with Crippen molar-refractivity contribution in [1.29, 1.82) is 0 Å². The Bertz CT molecular complexity index is 769. The summed E-state index contributed by atoms with van der Waals surface area (Å²) in [5.74, 6) is 1.37. The zero-order valence-corrected chi connectivity index (χ0v) is 12.6. The van der Waals surface area contributed by atoms with Crippen LogP contribution in [0.3, 0.4) is 0 Å². The number of fused-ring (bicyclic) bond motifs is 2. The standard InChI is InChI=1S/C16H17N5O/c1-10-5-15(19-9-18-10)21-8-16(3-4-16)12-7-17-14(6-13(12)21)20-11(2)22/h5-7,9H,3-4,8H2,1-2H3,(H,17,20,22). The summed E-state index contributed by atoms with van der Waals surface area (Å²) in [7, 11) is 0. The van der Waals surface area contributed by atoms with E-state index >= 15 is 0 Å². The summed E-state index contributed by atoms with van der Waals surface area (Å²) in [6.45, 7) is 4.37. The highest BCUT2D eigenvalue weighted by atomic mass is 16.1. The van der Waals surface area contributed by atoms with Gasteiger partial charge in [0.2, 0.25) is 5.91 Å². The molecule has 0 aromatic carbocycles. The lowest BCUT2D eigenvalue weighted by Gasteiger charge is -2.19. The molecule has 3 heterocycles. The Kier molecular flexibility index (Phi) is 2.69. The highest BCUT2D eigenvalue weighted by Gasteiger charge is 2.52. The quantitative estimate of drug-likeness (QED) is 0.920. The van der Waals surface area contributed by atoms with Crippen LogP contribution < -0.4 is 10.2 Å². The molecule has 6 nitrogen and oxygen atoms in total. The summed E-state index contributed by atoms with van der Waals surface area (Å²) in [5.41, 5.74) is 3.52. The maximum absolute atomic E-state index is 11.3. The van der Waals surface area contributed by atoms with Gasteiger partial charge in [0.05, 0.1) is 5.69 Å². The fourth-order valence-electron chi connectivity index (χ4n) is 3.17. The summed E-state index contributed by atoms with van der Waals surface area (Å²) in [5, 5.41) is 2.76. The van der Waals surface area contributed by atoms with Gasteiger partial charge in [0.25, 0.3) is 0 Å². The molecule has 112 valence electrons. The molecule has 6 heteroatoms. The van der Waals surface area contributed by atoms with Crippen LogP contribution in [0.15, 0.2) is 24.7 Å². The number of aryl methyl sites for hydroxylation is 1. The molecule has 1 aliphatic carbocycles. The third-order valence-electron chi connectivity index (χ3n) is 4.43. The van der Waals surface area contributed by atoms with Gasteiger partial charge in [-0.1, -0.05) is 0 Å². The molecule has 1 spiro atoms. The summed E-state index contributed by atoms with van der Waals surface area (Å²) in [4.78, 5) is 26.4. The number of hydrogen-bond acceptors (Lipinski definition) is 5. The lowest BCUT2D eigenvalue weighted by Crippen LogP contribution is -2.20. The van der Waals surface area contributed by atoms with Gasteiger partial charge in [-0.25, -0.2) is 15.0 Å². The van der Waals surface area contributed by atoms with Crippen molar-refractivity contribution in [2.75, 3.05) is 16.8 Å². The van der Waals surface area contributed by atoms with Gasteiger partial charge < -0.3 is 10.2 Å². The molecular weight excluding hydrogens is 278 g/mol. The minimum absolute atomic E-state index is 0.115. The Labute approximate surface area is 128 Å². The van der Waals surface area contributed by atoms with Crippen molar-refractivity contribution in [1.82, 2.24) is 15.0 Å². The van der Waals surface area contributed by atoms with E-state index in [0.29, 0.717) is 5.82 Å². The smallest absolute Gasteiger partial charge is 0.222 e. The second-order valence-electron chi connectivity index (χ2n) is 6.15. The number of hydrogen-bond donors (Lipinski definition) is 1. The van der Waals surface area contributed by atoms with Crippen LogP contribution in [0.1, 0.15) is 31.0 Å². The first-order valence-corrected chi connectivity index (χ1v) is 7.42. The summed E-state index contributed by atoms with van der Waals surface area (Å²) in [6.07, 6.45) is 5.86. The Morgan fingerprint density at radius 3 is 2.77 bits per heavy atom. The van der Waals surface area contributed by atoms with Crippen molar-refractivity contribution in [3.8, 4) is 0 Å². The van der Waals surface area contributed by atoms with Crippen molar-refractivity contribution in [2.45, 2.75) is 32.1 Å². The van der Waals surface area contributed by atoms with Gasteiger partial charge in [-0.05, 0) is 19.8 Å². The normalized spacial score (nSPS) is 17.5. The topological polar surface area (TPSA) is 71.0 Å². The number of carbonyl (C=O) groups is 1. The lowest BCUT2D eigenvalue weighted by molar-refractivity contribution is -0.114. The molecule has 0 atom stereocenters. The van der Waals surface area contributed by atoms with Crippen molar-refractivity contribution in [2.24, 2.45) is 0 Å². The number of carbonyl (C=O) groups excluding carboxylic acids is 1. The average molecular weight is 295 g/mol. The van der Waals surface area contributed by atoms with Crippen LogP contribution in [0, 0.1) is 6.92 Å². The van der Waals surface area contributed by atoms with E-state index in [4.69, 9.17) is 0 Å². The molecule has 4 rings (SSSR count). The number of pyridine rings is 1. The van der Waals surface area contributed by atoms with Gasteiger partial charge >= 0.3 is 0 Å². The highest BCUT2D eigenvalue weighted by Crippen LogP contribution is 2.57. The summed E-state index contributed by atoms with van der Waals surface area (Å²) < 4.78 is 0. The van der Waals surface area contributed by atoms with Gasteiger partial charge in [-0.2, -0.15) is 0 Å². The molecule has 0 radical (unpaired) electrons. The van der Waals surface area contributed by atoms with Crippen LogP contribution >= 0.6 is 0 Å². The molecule has 0 bridgehead atoms. The van der Waals surface area contributed by atoms with Crippen LogP contribution in [-0.2, 0) is 10.2 Å². The maximum atomic E-state index is 11.3. The number of nitrogens with one attached hydrogen (secondary N) is 1. The van der Waals surface area contributed by atoms with Crippen molar-refractivity contribution in [3.05, 3.63) is 35.9 Å². The number of rotatable bonds is 2. The van der Waals surface area contributed by atoms with E-state index in [0.717, 1.165) is 23.7 Å². The fraction of sp³-hybridized carbons (Fsp3) is 0.375. The largest absolute Gasteiger partial charge is 0.325 e. The SMILES string of the molecule is CC(=O)Nc1cc2c(cn1)C1(CC1)CN2c1cc(C)ncn1. The molecule has 2 aliphatic rings. The Balaban J connectivity index is 1.79. The molecule has 2 aromatic heterocycles. The molecule has 1 fully saturated rings. The second kappa shape index (κ2) is 4.50. The monoisotopic (exact) mass is 295 g/mol. The van der Waals surface area contributed by atoms with E-state index < -0.39 is 0 Å². The van der Waals surface area contributed by atoms with E-state index in [1.807, 2.05) is 25.3 Å². The van der Waals surface area contributed by atoms with Crippen LogP contribution in [0.4, 0.5) is 17.3 Å². The third-order valence-corrected chi connectivity index (χ3v) is 4.43. The fourth-order valence-corrected chi connectivity index (χ4v) is 3.17. The van der Waals surface area contributed by atoms with Crippen LogP contribution in [0.25, 0.3) is 0 Å². The summed E-state index contributed by atoms with van der Waals surface area (Å²) in [6, 6.07) is 3.94. The predicted molar refractivity (Wildman–Crippen MR) is 83.2 cm³/mol. The van der Waals surface area contributed by atoms with Crippen LogP contribution in [0.2, 0.25) is 0 Å². The lowest BCUT2D eigenvalue weighted by atomic mass is 10.0. The molecule has 22 heavy (non-hydrogen) atoms. The van der Waals surface area contributed by atoms with Crippen molar-refractivity contribution < 1.29 is 4.79 Å². The van der Waals surface area contributed by atoms with Crippen LogP contribution in [-0.4, -0.2) is 27.4 Å². The Hall–Kier alpha value is -2.50. The van der Waals surface area contributed by atoms with Crippen LogP contribution in [0.5, 0.6) is 0 Å². The van der Waals surface area contributed by atoms with Gasteiger partial charge in [0.1, 0.15) is 18.0 Å². The number of aromatic nitrogens is 3. The highest BCUT2D eigenvalue weighted by molar-refractivity contribution is 5.89. The van der Waals surface area contributed by atoms with Crippen molar-refractivity contribution >= 4 is 23.2 Å². The maximum Gasteiger partial charge on any atom is 0.222 e. The van der Waals surface area contributed by atoms with Crippen molar-refractivity contribution in [3.63, 3.8) is 0 Å². The molecule has 0 saturated heterocycles. The number of nitrogens with zero attached hydrogens (tertiary/aromatic N) is 4. The van der Waals surface area contributed by atoms with E-state index in [2.05, 4.69) is 25.2 Å². The molecule has 1 amide bonds. The van der Waals surface area contributed by atoms with Gasteiger partial charge in [0.15, 0.2) is 0 Å². The minimum Gasteiger partial charge on any atom is -0.325 e. The second-order valence-corrected chi connectivity index (χ2v) is 6.15. The zero-order valence-electron chi connectivity index (χ0n) is 12.6. The van der Waals surface area contributed by atoms with Gasteiger partial charge in [0, 0.05) is 48.5 Å². The first-order chi connectivity index (χ1) is 10.6. The average Bonchev–Trinajstić information content (AvgIpc) is 3.17. The van der Waals surface area contributed by atoms with Gasteiger partial charge in [-0.3, -0.25) is 4.79 Å². The first-order valence-electron chi connectivity index (χ1n) is 7.42. The predicted octanol–water partition coefficient (Wildman–Crippen LogP) is 2.32. The third kappa shape index (κ3) is 2.03. The molecule has 1 saturated carbocycles. The molecular formula is C16H17N5O. The van der Waals surface area contributed by atoms with E-state index in [-0.39, 0.29) is 11.3 Å². The molecule has 1 N–H and O–H groups in total. The number of anilines is 3. The minimum atomic E-state index is -0.115. The van der Waals surface area contributed by atoms with E-state index in [1.165, 1.54) is 25.3 Å². The Morgan fingerprint density at radius 2 is 2.09 bits per heavy atom. The van der Waals surface area contributed by atoms with Gasteiger partial charge in [-0.15, -0.1) is 0 Å². The Morgan fingerprint density at radius 1 is 1.27 bits per heavy atom. The zero-order chi connectivity index (χ0) is 15.3. The number of amides is 1. The molecule has 1 aliphatic heterocycles. The molecule has 0 unspecified atom stereocenters.